The van der Waals surface area contributed by atoms with Gasteiger partial charge in [0.25, 0.3) is 0 Å². The lowest BCUT2D eigenvalue weighted by Gasteiger charge is -2.05. The molecule has 88 valence electrons. The molecule has 0 saturated heterocycles. The van der Waals surface area contributed by atoms with Crippen LogP contribution in [0, 0.1) is 5.82 Å². The summed E-state index contributed by atoms with van der Waals surface area (Å²) in [4.78, 5) is 11.5. The van der Waals surface area contributed by atoms with Crippen LogP contribution in [0.3, 0.4) is 0 Å². The fourth-order valence-corrected chi connectivity index (χ4v) is 1.98. The van der Waals surface area contributed by atoms with Gasteiger partial charge in [-0.05, 0) is 29.3 Å². The first kappa shape index (κ1) is 10.7. The van der Waals surface area contributed by atoms with Crippen molar-refractivity contribution < 1.29 is 8.81 Å². The lowest BCUT2D eigenvalue weighted by molar-refractivity contribution is 0.561. The number of hydrogen-bond acceptors (Lipinski definition) is 2. The fourth-order valence-electron chi connectivity index (χ4n) is 1.98. The van der Waals surface area contributed by atoms with Gasteiger partial charge in [-0.3, -0.25) is 0 Å². The minimum absolute atomic E-state index is 0.300. The molecule has 0 atom stereocenters. The van der Waals surface area contributed by atoms with Crippen molar-refractivity contribution in [1.82, 2.24) is 0 Å². The summed E-state index contributed by atoms with van der Waals surface area (Å²) in [5, 5.41) is 0.837. The smallest absolute Gasteiger partial charge is 0.336 e. The van der Waals surface area contributed by atoms with E-state index < -0.39 is 5.63 Å². The third-order valence-electron chi connectivity index (χ3n) is 2.81. The Balaban J connectivity index is 2.34. The lowest BCUT2D eigenvalue weighted by Crippen LogP contribution is -1.97. The summed E-state index contributed by atoms with van der Waals surface area (Å²) in [7, 11) is 0. The molecule has 0 radical (unpaired) electrons. The van der Waals surface area contributed by atoms with Gasteiger partial charge in [0.2, 0.25) is 0 Å². The molecule has 2 nitrogen and oxygen atoms in total. The Hall–Kier alpha value is -2.42. The number of rotatable bonds is 1. The molecule has 3 aromatic rings. The van der Waals surface area contributed by atoms with E-state index in [9.17, 15) is 9.18 Å². The van der Waals surface area contributed by atoms with Crippen molar-refractivity contribution >= 4 is 11.0 Å². The normalized spacial score (nSPS) is 10.7. The van der Waals surface area contributed by atoms with Crippen molar-refractivity contribution in [2.75, 3.05) is 0 Å². The van der Waals surface area contributed by atoms with Crippen LogP contribution in [0.2, 0.25) is 0 Å². The van der Waals surface area contributed by atoms with Crippen molar-refractivity contribution in [3.8, 4) is 11.1 Å². The van der Waals surface area contributed by atoms with Crippen LogP contribution in [0.25, 0.3) is 22.1 Å². The molecule has 18 heavy (non-hydrogen) atoms. The summed E-state index contributed by atoms with van der Waals surface area (Å²) < 4.78 is 18.0. The molecule has 0 N–H and O–H groups in total. The molecule has 3 heteroatoms. The van der Waals surface area contributed by atoms with Crippen LogP contribution < -0.4 is 5.63 Å². The molecule has 3 rings (SSSR count). The van der Waals surface area contributed by atoms with Gasteiger partial charge in [0.05, 0.1) is 0 Å². The SMILES string of the molecule is O=c1cc(-c2ccc(F)cc2)c2ccccc2o1. The fraction of sp³-hybridized carbons (Fsp3) is 0. The highest BCUT2D eigenvalue weighted by Crippen LogP contribution is 2.26. The van der Waals surface area contributed by atoms with Crippen LogP contribution in [0.1, 0.15) is 0 Å². The summed E-state index contributed by atoms with van der Waals surface area (Å²) in [5.74, 6) is -0.300. The molecule has 0 aliphatic rings. The summed E-state index contributed by atoms with van der Waals surface area (Å²) in [6.07, 6.45) is 0. The second-order valence-electron chi connectivity index (χ2n) is 3.98. The average Bonchev–Trinajstić information content (AvgIpc) is 2.38. The highest BCUT2D eigenvalue weighted by molar-refractivity contribution is 5.92. The summed E-state index contributed by atoms with van der Waals surface area (Å²) in [5.41, 5.74) is 1.67. The molecule has 2 aromatic carbocycles. The number of benzene rings is 2. The molecule has 0 unspecified atom stereocenters. The minimum Gasteiger partial charge on any atom is -0.423 e. The Labute approximate surface area is 102 Å². The lowest BCUT2D eigenvalue weighted by atomic mass is 10.0. The molecule has 0 aliphatic carbocycles. The van der Waals surface area contributed by atoms with E-state index in [0.29, 0.717) is 5.58 Å². The van der Waals surface area contributed by atoms with Gasteiger partial charge in [0, 0.05) is 11.5 Å². The van der Waals surface area contributed by atoms with E-state index in [1.807, 2.05) is 12.1 Å². The molecule has 0 saturated carbocycles. The summed E-state index contributed by atoms with van der Waals surface area (Å²) in [6, 6.07) is 14.8. The highest BCUT2D eigenvalue weighted by Gasteiger charge is 2.07. The van der Waals surface area contributed by atoms with E-state index in [4.69, 9.17) is 4.42 Å². The zero-order valence-corrected chi connectivity index (χ0v) is 9.39. The van der Waals surface area contributed by atoms with Gasteiger partial charge in [-0.2, -0.15) is 0 Å². The van der Waals surface area contributed by atoms with E-state index in [1.54, 1.807) is 24.3 Å². The molecular weight excluding hydrogens is 231 g/mol. The molecule has 1 heterocycles. The third-order valence-corrected chi connectivity index (χ3v) is 2.81. The predicted octanol–water partition coefficient (Wildman–Crippen LogP) is 3.60. The van der Waals surface area contributed by atoms with Gasteiger partial charge >= 0.3 is 5.63 Å². The molecule has 0 amide bonds. The first-order chi connectivity index (χ1) is 8.74. The van der Waals surface area contributed by atoms with Gasteiger partial charge in [0.15, 0.2) is 0 Å². The maximum Gasteiger partial charge on any atom is 0.336 e. The maximum atomic E-state index is 12.9. The van der Waals surface area contributed by atoms with Crippen LogP contribution in [0.15, 0.2) is 63.8 Å². The quantitative estimate of drug-likeness (QED) is 0.608. The summed E-state index contributed by atoms with van der Waals surface area (Å²) >= 11 is 0. The number of halogens is 1. The zero-order valence-electron chi connectivity index (χ0n) is 9.39. The van der Waals surface area contributed by atoms with Crippen molar-refractivity contribution in [3.63, 3.8) is 0 Å². The van der Waals surface area contributed by atoms with Gasteiger partial charge in [-0.1, -0.05) is 30.3 Å². The van der Waals surface area contributed by atoms with Crippen molar-refractivity contribution in [1.29, 1.82) is 0 Å². The van der Waals surface area contributed by atoms with Crippen LogP contribution in [-0.4, -0.2) is 0 Å². The highest BCUT2D eigenvalue weighted by atomic mass is 19.1. The van der Waals surface area contributed by atoms with E-state index >= 15 is 0 Å². The Kier molecular flexibility index (Phi) is 2.45. The average molecular weight is 240 g/mol. The molecular formula is C15H9FO2. The third kappa shape index (κ3) is 1.80. The van der Waals surface area contributed by atoms with Gasteiger partial charge in [-0.15, -0.1) is 0 Å². The zero-order chi connectivity index (χ0) is 12.5. The standard InChI is InChI=1S/C15H9FO2/c16-11-7-5-10(6-8-11)13-9-15(17)18-14-4-2-1-3-12(13)14/h1-9H. The van der Waals surface area contributed by atoms with Crippen LogP contribution in [-0.2, 0) is 0 Å². The molecule has 1 aromatic heterocycles. The van der Waals surface area contributed by atoms with Crippen LogP contribution >= 0.6 is 0 Å². The maximum absolute atomic E-state index is 12.9. The predicted molar refractivity (Wildman–Crippen MR) is 67.9 cm³/mol. The van der Waals surface area contributed by atoms with Gasteiger partial charge in [-0.25, -0.2) is 9.18 Å². The number of fused-ring (bicyclic) bond motifs is 1. The molecule has 0 aliphatic heterocycles. The Morgan fingerprint density at radius 2 is 1.67 bits per heavy atom. The number of para-hydroxylation sites is 1. The van der Waals surface area contributed by atoms with E-state index in [1.165, 1.54) is 18.2 Å². The van der Waals surface area contributed by atoms with Crippen LogP contribution in [0.4, 0.5) is 4.39 Å². The molecule has 0 fully saturated rings. The minimum atomic E-state index is -0.409. The van der Waals surface area contributed by atoms with E-state index in [2.05, 4.69) is 0 Å². The number of hydrogen-bond donors (Lipinski definition) is 0. The Bertz CT molecular complexity index is 757. The van der Waals surface area contributed by atoms with Crippen LogP contribution in [0.5, 0.6) is 0 Å². The second-order valence-corrected chi connectivity index (χ2v) is 3.98. The van der Waals surface area contributed by atoms with Crippen molar-refractivity contribution in [3.05, 3.63) is 70.8 Å². The monoisotopic (exact) mass is 240 g/mol. The first-order valence-electron chi connectivity index (χ1n) is 5.53. The molecule has 0 spiro atoms. The first-order valence-corrected chi connectivity index (χ1v) is 5.53. The topological polar surface area (TPSA) is 30.2 Å². The van der Waals surface area contributed by atoms with E-state index in [-0.39, 0.29) is 5.82 Å². The van der Waals surface area contributed by atoms with Gasteiger partial charge in [0.1, 0.15) is 11.4 Å². The van der Waals surface area contributed by atoms with Crippen molar-refractivity contribution in [2.24, 2.45) is 0 Å². The van der Waals surface area contributed by atoms with Gasteiger partial charge < -0.3 is 4.42 Å². The second kappa shape index (κ2) is 4.11. The molecule has 0 bridgehead atoms. The Morgan fingerprint density at radius 3 is 2.44 bits per heavy atom. The summed E-state index contributed by atoms with van der Waals surface area (Å²) in [6.45, 7) is 0. The van der Waals surface area contributed by atoms with Crippen molar-refractivity contribution in [2.45, 2.75) is 0 Å². The Morgan fingerprint density at radius 1 is 0.944 bits per heavy atom. The van der Waals surface area contributed by atoms with E-state index in [0.717, 1.165) is 16.5 Å². The largest absolute Gasteiger partial charge is 0.423 e.